The zero-order valence-corrected chi connectivity index (χ0v) is 14.4. The fraction of sp³-hybridized carbons (Fsp3) is 0.278. The van der Waals surface area contributed by atoms with E-state index in [1.54, 1.807) is 4.68 Å². The number of hydrogen-bond donors (Lipinski definition) is 0. The summed E-state index contributed by atoms with van der Waals surface area (Å²) in [7, 11) is 0. The van der Waals surface area contributed by atoms with Crippen LogP contribution in [0, 0.1) is 0 Å². The third-order valence-electron chi connectivity index (χ3n) is 4.29. The Morgan fingerprint density at radius 3 is 2.68 bits per heavy atom. The van der Waals surface area contributed by atoms with Gasteiger partial charge in [-0.2, -0.15) is 4.68 Å². The Morgan fingerprint density at radius 2 is 1.88 bits per heavy atom. The summed E-state index contributed by atoms with van der Waals surface area (Å²) in [4.78, 5) is 2.31. The van der Waals surface area contributed by atoms with Crippen LogP contribution in [-0.2, 0) is 11.3 Å². The second kappa shape index (κ2) is 7.31. The molecule has 1 fully saturated rings. The molecule has 0 bridgehead atoms. The molecule has 0 amide bonds. The van der Waals surface area contributed by atoms with Gasteiger partial charge in [0.15, 0.2) is 5.82 Å². The molecule has 0 aliphatic carbocycles. The second-order valence-corrected chi connectivity index (χ2v) is 6.43. The van der Waals surface area contributed by atoms with Crippen molar-refractivity contribution >= 4 is 11.6 Å². The maximum absolute atomic E-state index is 5.97. The zero-order valence-electron chi connectivity index (χ0n) is 13.6. The molecule has 128 valence electrons. The van der Waals surface area contributed by atoms with Crippen LogP contribution < -0.4 is 0 Å². The molecule has 3 aromatic rings. The summed E-state index contributed by atoms with van der Waals surface area (Å²) < 4.78 is 7.71. The minimum Gasteiger partial charge on any atom is -0.371 e. The number of morpholine rings is 1. The normalized spacial score (nSPS) is 18.4. The molecular weight excluding hydrogens is 338 g/mol. The van der Waals surface area contributed by atoms with Crippen molar-refractivity contribution in [1.82, 2.24) is 25.1 Å². The van der Waals surface area contributed by atoms with Gasteiger partial charge in [0.25, 0.3) is 0 Å². The van der Waals surface area contributed by atoms with Gasteiger partial charge in [-0.1, -0.05) is 41.9 Å². The monoisotopic (exact) mass is 355 g/mol. The van der Waals surface area contributed by atoms with E-state index in [1.165, 1.54) is 0 Å². The van der Waals surface area contributed by atoms with E-state index in [-0.39, 0.29) is 6.10 Å². The molecule has 1 aliphatic rings. The van der Waals surface area contributed by atoms with E-state index in [0.717, 1.165) is 35.2 Å². The Morgan fingerprint density at radius 1 is 1.08 bits per heavy atom. The quantitative estimate of drug-likeness (QED) is 0.720. The van der Waals surface area contributed by atoms with Crippen LogP contribution in [0.1, 0.15) is 17.5 Å². The molecule has 1 unspecified atom stereocenters. The molecule has 7 heteroatoms. The summed E-state index contributed by atoms with van der Waals surface area (Å²) in [5.41, 5.74) is 2.10. The van der Waals surface area contributed by atoms with Crippen molar-refractivity contribution < 1.29 is 4.74 Å². The Kier molecular flexibility index (Phi) is 4.74. The molecule has 1 saturated heterocycles. The third kappa shape index (κ3) is 3.71. The van der Waals surface area contributed by atoms with Crippen molar-refractivity contribution in [2.75, 3.05) is 19.7 Å². The van der Waals surface area contributed by atoms with Crippen LogP contribution in [-0.4, -0.2) is 44.8 Å². The van der Waals surface area contributed by atoms with Gasteiger partial charge in [-0.05, 0) is 40.3 Å². The highest BCUT2D eigenvalue weighted by atomic mass is 35.5. The van der Waals surface area contributed by atoms with E-state index in [0.29, 0.717) is 13.2 Å². The van der Waals surface area contributed by atoms with Crippen molar-refractivity contribution in [2.24, 2.45) is 0 Å². The molecule has 0 spiro atoms. The van der Waals surface area contributed by atoms with Gasteiger partial charge in [0, 0.05) is 18.1 Å². The number of ether oxygens (including phenoxy) is 1. The number of halogens is 1. The maximum atomic E-state index is 5.97. The second-order valence-electron chi connectivity index (χ2n) is 5.99. The molecule has 2 heterocycles. The van der Waals surface area contributed by atoms with Crippen LogP contribution in [0.4, 0.5) is 0 Å². The van der Waals surface area contributed by atoms with Crippen LogP contribution in [0.15, 0.2) is 54.6 Å². The highest BCUT2D eigenvalue weighted by Crippen LogP contribution is 2.24. The molecule has 1 aliphatic heterocycles. The van der Waals surface area contributed by atoms with Gasteiger partial charge in [-0.3, -0.25) is 4.90 Å². The summed E-state index contributed by atoms with van der Waals surface area (Å²) in [6, 6.07) is 17.8. The van der Waals surface area contributed by atoms with Crippen molar-refractivity contribution in [3.8, 4) is 5.69 Å². The number of para-hydroxylation sites is 1. The van der Waals surface area contributed by atoms with Crippen LogP contribution >= 0.6 is 11.6 Å². The Balaban J connectivity index is 1.48. The summed E-state index contributed by atoms with van der Waals surface area (Å²) in [5, 5.41) is 12.9. The lowest BCUT2D eigenvalue weighted by atomic mass is 10.1. The van der Waals surface area contributed by atoms with E-state index in [9.17, 15) is 0 Å². The maximum Gasteiger partial charge on any atom is 0.170 e. The van der Waals surface area contributed by atoms with Crippen molar-refractivity contribution in [1.29, 1.82) is 0 Å². The predicted molar refractivity (Wildman–Crippen MR) is 94.6 cm³/mol. The van der Waals surface area contributed by atoms with Crippen molar-refractivity contribution in [3.63, 3.8) is 0 Å². The first-order valence-electron chi connectivity index (χ1n) is 8.22. The fourth-order valence-corrected chi connectivity index (χ4v) is 3.13. The lowest BCUT2D eigenvalue weighted by Crippen LogP contribution is -2.38. The topological polar surface area (TPSA) is 56.1 Å². The first-order valence-corrected chi connectivity index (χ1v) is 8.59. The molecule has 0 radical (unpaired) electrons. The first-order chi connectivity index (χ1) is 12.3. The Bertz CT molecular complexity index is 821. The number of benzene rings is 2. The highest BCUT2D eigenvalue weighted by molar-refractivity contribution is 6.30. The van der Waals surface area contributed by atoms with Gasteiger partial charge < -0.3 is 4.74 Å². The molecule has 0 saturated carbocycles. The van der Waals surface area contributed by atoms with Gasteiger partial charge in [0.1, 0.15) is 0 Å². The highest BCUT2D eigenvalue weighted by Gasteiger charge is 2.23. The largest absolute Gasteiger partial charge is 0.371 e. The number of aromatic nitrogens is 4. The van der Waals surface area contributed by atoms with Crippen LogP contribution in [0.25, 0.3) is 5.69 Å². The van der Waals surface area contributed by atoms with E-state index in [4.69, 9.17) is 16.3 Å². The van der Waals surface area contributed by atoms with Crippen molar-refractivity contribution in [3.05, 3.63) is 71.0 Å². The molecule has 2 aromatic carbocycles. The van der Waals surface area contributed by atoms with Gasteiger partial charge in [-0.25, -0.2) is 0 Å². The number of tetrazole rings is 1. The molecule has 0 N–H and O–H groups in total. The molecule has 4 rings (SSSR count). The summed E-state index contributed by atoms with van der Waals surface area (Å²) in [6.45, 7) is 3.00. The van der Waals surface area contributed by atoms with Crippen molar-refractivity contribution in [2.45, 2.75) is 12.6 Å². The summed E-state index contributed by atoms with van der Waals surface area (Å²) in [6.07, 6.45) is 0.0343. The fourth-order valence-electron chi connectivity index (χ4n) is 3.00. The number of hydrogen-bond acceptors (Lipinski definition) is 5. The molecule has 6 nitrogen and oxygen atoms in total. The minimum absolute atomic E-state index is 0.0343. The van der Waals surface area contributed by atoms with Crippen LogP contribution in [0.2, 0.25) is 5.02 Å². The van der Waals surface area contributed by atoms with Crippen LogP contribution in [0.3, 0.4) is 0 Å². The zero-order chi connectivity index (χ0) is 17.1. The summed E-state index contributed by atoms with van der Waals surface area (Å²) in [5.74, 6) is 0.822. The van der Waals surface area contributed by atoms with E-state index < -0.39 is 0 Å². The Hall–Kier alpha value is -2.28. The van der Waals surface area contributed by atoms with E-state index in [2.05, 4.69) is 20.4 Å². The SMILES string of the molecule is Clc1ccc(C2CN(Cc3nnnn3-c3ccccc3)CCO2)cc1. The van der Waals surface area contributed by atoms with Gasteiger partial charge in [0.05, 0.1) is 24.9 Å². The average Bonchev–Trinajstić information content (AvgIpc) is 3.11. The van der Waals surface area contributed by atoms with Crippen LogP contribution in [0.5, 0.6) is 0 Å². The predicted octanol–water partition coefficient (Wildman–Crippen LogP) is 2.89. The lowest BCUT2D eigenvalue weighted by Gasteiger charge is -2.32. The standard InChI is InChI=1S/C18H18ClN5O/c19-15-8-6-14(7-9-15)17-12-23(10-11-25-17)13-18-20-21-22-24(18)16-4-2-1-3-5-16/h1-9,17H,10-13H2. The molecule has 1 atom stereocenters. The van der Waals surface area contributed by atoms with E-state index >= 15 is 0 Å². The Labute approximate surface area is 151 Å². The van der Waals surface area contributed by atoms with E-state index in [1.807, 2.05) is 54.6 Å². The number of nitrogens with zero attached hydrogens (tertiary/aromatic N) is 5. The average molecular weight is 356 g/mol. The molecular formula is C18H18ClN5O. The summed E-state index contributed by atoms with van der Waals surface area (Å²) >= 11 is 5.97. The third-order valence-corrected chi connectivity index (χ3v) is 4.54. The smallest absolute Gasteiger partial charge is 0.170 e. The first kappa shape index (κ1) is 16.2. The lowest BCUT2D eigenvalue weighted by molar-refractivity contribution is -0.0338. The molecule has 25 heavy (non-hydrogen) atoms. The molecule has 1 aromatic heterocycles. The van der Waals surface area contributed by atoms with Gasteiger partial charge >= 0.3 is 0 Å². The number of rotatable bonds is 4. The van der Waals surface area contributed by atoms with Gasteiger partial charge in [0.2, 0.25) is 0 Å². The minimum atomic E-state index is 0.0343. The van der Waals surface area contributed by atoms with Gasteiger partial charge in [-0.15, -0.1) is 5.10 Å².